The molecule has 0 saturated heterocycles. The van der Waals surface area contributed by atoms with Gasteiger partial charge < -0.3 is 4.74 Å². The lowest BCUT2D eigenvalue weighted by atomic mass is 9.98. The third-order valence-corrected chi connectivity index (χ3v) is 4.25. The number of allylic oxidation sites excluding steroid dienone is 5. The standard InChI is InChI=1S/C23H26O2/c1-6-25-23(24)12-16(2)8-7-9-17(3)20-10-11-21-13-18(4)19(5)14-22(21)15-20/h7-15H,6H2,1-5H3. The number of hydrogen-bond acceptors (Lipinski definition) is 2. The van der Waals surface area contributed by atoms with Crippen molar-refractivity contribution in [2.45, 2.75) is 34.6 Å². The second-order valence-corrected chi connectivity index (χ2v) is 6.35. The molecule has 25 heavy (non-hydrogen) atoms. The molecule has 2 heteroatoms. The Morgan fingerprint density at radius 3 is 2.40 bits per heavy atom. The molecular formula is C23H26O2. The smallest absolute Gasteiger partial charge is 0.330 e. The Labute approximate surface area is 150 Å². The second kappa shape index (κ2) is 8.48. The zero-order chi connectivity index (χ0) is 18.4. The van der Waals surface area contributed by atoms with E-state index < -0.39 is 0 Å². The Balaban J connectivity index is 2.19. The quantitative estimate of drug-likeness (QED) is 0.385. The van der Waals surface area contributed by atoms with E-state index in [4.69, 9.17) is 4.74 Å². The van der Waals surface area contributed by atoms with Gasteiger partial charge in [0, 0.05) is 6.08 Å². The molecular weight excluding hydrogens is 308 g/mol. The maximum atomic E-state index is 11.4. The van der Waals surface area contributed by atoms with Crippen molar-refractivity contribution < 1.29 is 9.53 Å². The number of carbonyl (C=O) groups excluding carboxylic acids is 1. The van der Waals surface area contributed by atoms with Gasteiger partial charge in [0.15, 0.2) is 0 Å². The third-order valence-electron chi connectivity index (χ3n) is 4.25. The maximum Gasteiger partial charge on any atom is 0.330 e. The van der Waals surface area contributed by atoms with Crippen LogP contribution in [0.4, 0.5) is 0 Å². The molecule has 0 heterocycles. The van der Waals surface area contributed by atoms with Gasteiger partial charge in [0.25, 0.3) is 0 Å². The van der Waals surface area contributed by atoms with Crippen LogP contribution in [0.15, 0.2) is 60.2 Å². The normalized spacial score (nSPS) is 12.8. The van der Waals surface area contributed by atoms with E-state index in [-0.39, 0.29) is 5.97 Å². The molecule has 0 aliphatic heterocycles. The van der Waals surface area contributed by atoms with Gasteiger partial charge in [0.05, 0.1) is 6.61 Å². The van der Waals surface area contributed by atoms with Crippen LogP contribution in [0.2, 0.25) is 0 Å². The minimum absolute atomic E-state index is 0.300. The minimum atomic E-state index is -0.300. The molecule has 0 N–H and O–H groups in total. The van der Waals surface area contributed by atoms with Crippen molar-refractivity contribution in [2.24, 2.45) is 0 Å². The summed E-state index contributed by atoms with van der Waals surface area (Å²) in [7, 11) is 0. The summed E-state index contributed by atoms with van der Waals surface area (Å²) in [6, 6.07) is 11.0. The molecule has 0 spiro atoms. The van der Waals surface area contributed by atoms with E-state index in [1.165, 1.54) is 39.1 Å². The number of aryl methyl sites for hydroxylation is 2. The number of fused-ring (bicyclic) bond motifs is 1. The molecule has 0 saturated carbocycles. The number of carbonyl (C=O) groups is 1. The lowest BCUT2D eigenvalue weighted by Gasteiger charge is -2.07. The first-order valence-corrected chi connectivity index (χ1v) is 8.62. The summed E-state index contributed by atoms with van der Waals surface area (Å²) in [6.45, 7) is 10.5. The highest BCUT2D eigenvalue weighted by atomic mass is 16.5. The topological polar surface area (TPSA) is 26.3 Å². The van der Waals surface area contributed by atoms with Crippen LogP contribution in [-0.2, 0) is 9.53 Å². The van der Waals surface area contributed by atoms with Crippen molar-refractivity contribution >= 4 is 22.3 Å². The molecule has 0 aromatic heterocycles. The molecule has 2 aromatic rings. The summed E-state index contributed by atoms with van der Waals surface area (Å²) < 4.78 is 4.90. The summed E-state index contributed by atoms with van der Waals surface area (Å²) in [4.78, 5) is 11.4. The monoisotopic (exact) mass is 334 g/mol. The summed E-state index contributed by atoms with van der Waals surface area (Å²) in [5, 5.41) is 2.53. The zero-order valence-corrected chi connectivity index (χ0v) is 15.7. The molecule has 0 aliphatic rings. The highest BCUT2D eigenvalue weighted by molar-refractivity contribution is 5.87. The summed E-state index contributed by atoms with van der Waals surface area (Å²) in [6.07, 6.45) is 7.44. The first-order valence-electron chi connectivity index (χ1n) is 8.62. The minimum Gasteiger partial charge on any atom is -0.463 e. The van der Waals surface area contributed by atoms with Crippen LogP contribution in [0, 0.1) is 13.8 Å². The van der Waals surface area contributed by atoms with Crippen molar-refractivity contribution in [2.75, 3.05) is 6.61 Å². The van der Waals surface area contributed by atoms with E-state index >= 15 is 0 Å². The summed E-state index contributed by atoms with van der Waals surface area (Å²) in [5.41, 5.74) is 5.88. The van der Waals surface area contributed by atoms with Gasteiger partial charge in [-0.15, -0.1) is 0 Å². The lowest BCUT2D eigenvalue weighted by Crippen LogP contribution is -1.99. The highest BCUT2D eigenvalue weighted by Gasteiger charge is 2.01. The van der Waals surface area contributed by atoms with Crippen LogP contribution >= 0.6 is 0 Å². The fraction of sp³-hybridized carbons (Fsp3) is 0.261. The molecule has 0 unspecified atom stereocenters. The average molecular weight is 334 g/mol. The van der Waals surface area contributed by atoms with Gasteiger partial charge in [-0.1, -0.05) is 42.5 Å². The summed E-state index contributed by atoms with van der Waals surface area (Å²) >= 11 is 0. The first kappa shape index (κ1) is 18.7. The van der Waals surface area contributed by atoms with Gasteiger partial charge in [-0.2, -0.15) is 0 Å². The number of rotatable bonds is 5. The van der Waals surface area contributed by atoms with Crippen LogP contribution < -0.4 is 0 Å². The first-order chi connectivity index (χ1) is 11.9. The Morgan fingerprint density at radius 2 is 1.72 bits per heavy atom. The second-order valence-electron chi connectivity index (χ2n) is 6.35. The molecule has 2 aromatic carbocycles. The van der Waals surface area contributed by atoms with E-state index in [1.807, 2.05) is 19.1 Å². The summed E-state index contributed by atoms with van der Waals surface area (Å²) in [5.74, 6) is -0.300. The molecule has 2 rings (SSSR count). The van der Waals surface area contributed by atoms with Crippen molar-refractivity contribution in [1.29, 1.82) is 0 Å². The average Bonchev–Trinajstić information content (AvgIpc) is 2.55. The van der Waals surface area contributed by atoms with Crippen molar-refractivity contribution in [3.8, 4) is 0 Å². The van der Waals surface area contributed by atoms with Gasteiger partial charge in [-0.05, 0) is 79.3 Å². The van der Waals surface area contributed by atoms with Crippen LogP contribution in [0.3, 0.4) is 0 Å². The molecule has 0 amide bonds. The third kappa shape index (κ3) is 5.18. The van der Waals surface area contributed by atoms with Gasteiger partial charge in [-0.3, -0.25) is 0 Å². The van der Waals surface area contributed by atoms with Crippen LogP contribution in [0.25, 0.3) is 16.3 Å². The van der Waals surface area contributed by atoms with Gasteiger partial charge in [0.1, 0.15) is 0 Å². The van der Waals surface area contributed by atoms with Crippen LogP contribution in [0.5, 0.6) is 0 Å². The highest BCUT2D eigenvalue weighted by Crippen LogP contribution is 2.24. The van der Waals surface area contributed by atoms with Crippen molar-refractivity contribution in [1.82, 2.24) is 0 Å². The molecule has 130 valence electrons. The Kier molecular flexibility index (Phi) is 6.35. The van der Waals surface area contributed by atoms with E-state index in [0.29, 0.717) is 6.61 Å². The zero-order valence-electron chi connectivity index (χ0n) is 15.7. The van der Waals surface area contributed by atoms with Gasteiger partial charge in [0.2, 0.25) is 0 Å². The maximum absolute atomic E-state index is 11.4. The molecule has 0 atom stereocenters. The van der Waals surface area contributed by atoms with E-state index in [9.17, 15) is 4.79 Å². The fourth-order valence-electron chi connectivity index (χ4n) is 2.63. The fourth-order valence-corrected chi connectivity index (χ4v) is 2.63. The molecule has 0 fully saturated rings. The van der Waals surface area contributed by atoms with Crippen LogP contribution in [-0.4, -0.2) is 12.6 Å². The Bertz CT molecular complexity index is 867. The van der Waals surface area contributed by atoms with Gasteiger partial charge in [-0.25, -0.2) is 4.79 Å². The molecule has 0 aliphatic carbocycles. The van der Waals surface area contributed by atoms with E-state index in [0.717, 1.165) is 5.57 Å². The Hall–Kier alpha value is -2.61. The number of esters is 1. The van der Waals surface area contributed by atoms with E-state index in [1.54, 1.807) is 6.92 Å². The largest absolute Gasteiger partial charge is 0.463 e. The number of ether oxygens (including phenoxy) is 1. The van der Waals surface area contributed by atoms with Crippen LogP contribution in [0.1, 0.15) is 37.5 Å². The molecule has 0 bridgehead atoms. The predicted molar refractivity (Wildman–Crippen MR) is 107 cm³/mol. The van der Waals surface area contributed by atoms with Crippen molar-refractivity contribution in [3.05, 3.63) is 76.9 Å². The van der Waals surface area contributed by atoms with Crippen molar-refractivity contribution in [3.63, 3.8) is 0 Å². The van der Waals surface area contributed by atoms with E-state index in [2.05, 4.69) is 57.2 Å². The lowest BCUT2D eigenvalue weighted by molar-refractivity contribution is -0.137. The number of hydrogen-bond donors (Lipinski definition) is 0. The molecule has 0 radical (unpaired) electrons. The Morgan fingerprint density at radius 1 is 1.04 bits per heavy atom. The predicted octanol–water partition coefficient (Wildman–Crippen LogP) is 5.93. The van der Waals surface area contributed by atoms with Gasteiger partial charge >= 0.3 is 5.97 Å². The number of benzene rings is 2. The molecule has 2 nitrogen and oxygen atoms in total. The SMILES string of the molecule is CCOC(=O)C=C(C)C=CC=C(C)c1ccc2cc(C)c(C)cc2c1.